The Morgan fingerprint density at radius 1 is 1.37 bits per heavy atom. The van der Waals surface area contributed by atoms with Gasteiger partial charge >= 0.3 is 0 Å². The normalized spacial score (nSPS) is 14.3. The number of fused-ring (bicyclic) bond motifs is 1. The van der Waals surface area contributed by atoms with Gasteiger partial charge in [0.25, 0.3) is 0 Å². The lowest BCUT2D eigenvalue weighted by molar-refractivity contribution is 0.781. The molecule has 5 nitrogen and oxygen atoms in total. The van der Waals surface area contributed by atoms with Crippen LogP contribution in [0.15, 0.2) is 24.4 Å². The molecule has 1 aliphatic heterocycles. The smallest absolute Gasteiger partial charge is 0.193 e. The third-order valence-electron chi connectivity index (χ3n) is 3.25. The summed E-state index contributed by atoms with van der Waals surface area (Å²) in [6.07, 6.45) is 5.00. The predicted octanol–water partition coefficient (Wildman–Crippen LogP) is 1.79. The van der Waals surface area contributed by atoms with Gasteiger partial charge in [0, 0.05) is 18.3 Å². The zero-order valence-corrected chi connectivity index (χ0v) is 11.3. The molecule has 0 aliphatic carbocycles. The average molecular weight is 273 g/mol. The summed E-state index contributed by atoms with van der Waals surface area (Å²) in [6.45, 7) is 0.920. The molecule has 0 radical (unpaired) electrons. The fourth-order valence-corrected chi connectivity index (χ4v) is 2.50. The third kappa shape index (κ3) is 2.19. The van der Waals surface area contributed by atoms with Gasteiger partial charge in [0.15, 0.2) is 5.11 Å². The first kappa shape index (κ1) is 12.1. The van der Waals surface area contributed by atoms with Gasteiger partial charge in [0.2, 0.25) is 0 Å². The van der Waals surface area contributed by atoms with Crippen molar-refractivity contribution < 1.29 is 0 Å². The summed E-state index contributed by atoms with van der Waals surface area (Å²) >= 11 is 5.07. The maximum Gasteiger partial charge on any atom is 0.193 e. The highest BCUT2D eigenvalue weighted by atomic mass is 32.1. The minimum atomic E-state index is 0.257. The van der Waals surface area contributed by atoms with E-state index in [0.717, 1.165) is 48.6 Å². The summed E-state index contributed by atoms with van der Waals surface area (Å²) in [4.78, 5) is 4.37. The second kappa shape index (κ2) is 4.97. The maximum absolute atomic E-state index is 5.75. The van der Waals surface area contributed by atoms with Gasteiger partial charge < -0.3 is 11.1 Å². The minimum Gasteiger partial charge on any atom is -0.374 e. The van der Waals surface area contributed by atoms with Gasteiger partial charge in [-0.25, -0.2) is 0 Å². The second-order valence-electron chi connectivity index (χ2n) is 4.52. The van der Waals surface area contributed by atoms with E-state index < -0.39 is 0 Å². The van der Waals surface area contributed by atoms with Crippen molar-refractivity contribution in [3.05, 3.63) is 30.0 Å². The number of aromatic nitrogens is 3. The van der Waals surface area contributed by atoms with Crippen molar-refractivity contribution in [3.8, 4) is 11.4 Å². The first-order valence-electron chi connectivity index (χ1n) is 6.34. The Morgan fingerprint density at radius 3 is 3.00 bits per heavy atom. The molecule has 98 valence electrons. The van der Waals surface area contributed by atoms with E-state index in [-0.39, 0.29) is 5.11 Å². The standard InChI is InChI=1S/C13H15N5S/c14-13(19)18-12-9(5-1-3-8-16-12)11(17-18)10-6-2-4-7-15-10/h2,4,6-7,16H,1,3,5,8H2,(H2,14,19). The van der Waals surface area contributed by atoms with E-state index in [1.807, 2.05) is 18.2 Å². The monoisotopic (exact) mass is 273 g/mol. The molecular formula is C13H15N5S. The average Bonchev–Trinajstić information content (AvgIpc) is 2.62. The number of nitrogens with two attached hydrogens (primary N) is 1. The van der Waals surface area contributed by atoms with Crippen LogP contribution >= 0.6 is 12.2 Å². The fraction of sp³-hybridized carbons (Fsp3) is 0.308. The number of hydrogen-bond donors (Lipinski definition) is 2. The molecule has 0 saturated carbocycles. The Morgan fingerprint density at radius 2 is 2.26 bits per heavy atom. The van der Waals surface area contributed by atoms with Crippen molar-refractivity contribution in [1.82, 2.24) is 14.8 Å². The number of anilines is 1. The van der Waals surface area contributed by atoms with E-state index in [1.54, 1.807) is 10.9 Å². The zero-order valence-electron chi connectivity index (χ0n) is 10.5. The molecule has 0 bridgehead atoms. The Labute approximate surface area is 116 Å². The third-order valence-corrected chi connectivity index (χ3v) is 3.42. The molecule has 0 spiro atoms. The van der Waals surface area contributed by atoms with Crippen LogP contribution in [0.25, 0.3) is 11.4 Å². The Bertz CT molecular complexity index is 605. The zero-order chi connectivity index (χ0) is 13.2. The maximum atomic E-state index is 5.75. The first-order valence-corrected chi connectivity index (χ1v) is 6.75. The molecule has 3 rings (SSSR count). The minimum absolute atomic E-state index is 0.257. The van der Waals surface area contributed by atoms with Crippen molar-refractivity contribution >= 4 is 23.1 Å². The lowest BCUT2D eigenvalue weighted by Gasteiger charge is -2.06. The molecule has 3 N–H and O–H groups in total. The van der Waals surface area contributed by atoms with Gasteiger partial charge in [-0.05, 0) is 43.6 Å². The highest BCUT2D eigenvalue weighted by molar-refractivity contribution is 7.80. The lowest BCUT2D eigenvalue weighted by atomic mass is 10.1. The molecule has 2 aromatic rings. The molecule has 0 atom stereocenters. The number of pyridine rings is 1. The SMILES string of the molecule is NC(=S)n1nc(-c2ccccn2)c2c1NCCCC2. The molecule has 0 unspecified atom stereocenters. The Hall–Kier alpha value is -1.95. The summed E-state index contributed by atoms with van der Waals surface area (Å²) in [5, 5.41) is 8.16. The van der Waals surface area contributed by atoms with Crippen molar-refractivity contribution in [2.45, 2.75) is 19.3 Å². The molecule has 19 heavy (non-hydrogen) atoms. The number of hydrogen-bond acceptors (Lipinski definition) is 4. The van der Waals surface area contributed by atoms with Crippen molar-refractivity contribution in [1.29, 1.82) is 0 Å². The molecule has 0 fully saturated rings. The van der Waals surface area contributed by atoms with Crippen molar-refractivity contribution in [2.75, 3.05) is 11.9 Å². The highest BCUT2D eigenvalue weighted by Gasteiger charge is 2.22. The summed E-state index contributed by atoms with van der Waals surface area (Å²) in [6, 6.07) is 5.81. The number of rotatable bonds is 1. The molecular weight excluding hydrogens is 258 g/mol. The summed E-state index contributed by atoms with van der Waals surface area (Å²) in [5.41, 5.74) is 8.64. The number of nitrogens with zero attached hydrogens (tertiary/aromatic N) is 3. The van der Waals surface area contributed by atoms with Crippen LogP contribution < -0.4 is 11.1 Å². The van der Waals surface area contributed by atoms with Gasteiger partial charge in [0.05, 0.1) is 5.69 Å². The van der Waals surface area contributed by atoms with Crippen LogP contribution in [-0.2, 0) is 6.42 Å². The van der Waals surface area contributed by atoms with Crippen LogP contribution in [0.3, 0.4) is 0 Å². The van der Waals surface area contributed by atoms with Crippen LogP contribution in [0.1, 0.15) is 18.4 Å². The van der Waals surface area contributed by atoms with Gasteiger partial charge in [-0.3, -0.25) is 4.98 Å². The van der Waals surface area contributed by atoms with E-state index in [1.165, 1.54) is 0 Å². The van der Waals surface area contributed by atoms with E-state index in [4.69, 9.17) is 18.0 Å². The largest absolute Gasteiger partial charge is 0.374 e. The summed E-state index contributed by atoms with van der Waals surface area (Å²) in [5.74, 6) is 0.922. The van der Waals surface area contributed by atoms with Crippen LogP contribution in [0.4, 0.5) is 5.82 Å². The molecule has 3 heterocycles. The molecule has 0 saturated heterocycles. The Kier molecular flexibility index (Phi) is 3.16. The molecule has 0 aromatic carbocycles. The van der Waals surface area contributed by atoms with Gasteiger partial charge in [-0.15, -0.1) is 0 Å². The first-order chi connectivity index (χ1) is 9.27. The van der Waals surface area contributed by atoms with Crippen LogP contribution in [0.5, 0.6) is 0 Å². The Balaban J connectivity index is 2.17. The molecule has 1 aliphatic rings. The van der Waals surface area contributed by atoms with Gasteiger partial charge in [0.1, 0.15) is 11.5 Å². The topological polar surface area (TPSA) is 68.8 Å². The molecule has 0 amide bonds. The summed E-state index contributed by atoms with van der Waals surface area (Å²) < 4.78 is 1.61. The van der Waals surface area contributed by atoms with E-state index in [9.17, 15) is 0 Å². The highest BCUT2D eigenvalue weighted by Crippen LogP contribution is 2.30. The fourth-order valence-electron chi connectivity index (χ4n) is 2.37. The lowest BCUT2D eigenvalue weighted by Crippen LogP contribution is -2.22. The number of nitrogens with one attached hydrogen (secondary N) is 1. The van der Waals surface area contributed by atoms with Gasteiger partial charge in [-0.1, -0.05) is 6.07 Å². The second-order valence-corrected chi connectivity index (χ2v) is 4.94. The number of thiocarbonyl (C=S) groups is 1. The molecule has 2 aromatic heterocycles. The van der Waals surface area contributed by atoms with Crippen LogP contribution in [0.2, 0.25) is 0 Å². The quantitative estimate of drug-likeness (QED) is 0.775. The summed E-state index contributed by atoms with van der Waals surface area (Å²) in [7, 11) is 0. The predicted molar refractivity (Wildman–Crippen MR) is 79.1 cm³/mol. The van der Waals surface area contributed by atoms with Crippen LogP contribution in [-0.4, -0.2) is 26.4 Å². The van der Waals surface area contributed by atoms with Crippen LogP contribution in [0, 0.1) is 0 Å². The van der Waals surface area contributed by atoms with Crippen molar-refractivity contribution in [2.24, 2.45) is 5.73 Å². The van der Waals surface area contributed by atoms with E-state index >= 15 is 0 Å². The van der Waals surface area contributed by atoms with Gasteiger partial charge in [-0.2, -0.15) is 9.78 Å². The van der Waals surface area contributed by atoms with E-state index in [2.05, 4.69) is 15.4 Å². The van der Waals surface area contributed by atoms with E-state index in [0.29, 0.717) is 0 Å². The molecule has 6 heteroatoms. The van der Waals surface area contributed by atoms with Crippen molar-refractivity contribution in [3.63, 3.8) is 0 Å².